The molecule has 2 aromatic carbocycles. The lowest BCUT2D eigenvalue weighted by atomic mass is 9.98. The molecular weight excluding hydrogens is 570 g/mol. The third kappa shape index (κ3) is 9.14. The van der Waals surface area contributed by atoms with Gasteiger partial charge < -0.3 is 29.7 Å². The quantitative estimate of drug-likeness (QED) is 0.0416. The minimum absolute atomic E-state index is 0.0106. The van der Waals surface area contributed by atoms with Crippen molar-refractivity contribution in [1.82, 2.24) is 14.7 Å². The zero-order valence-electron chi connectivity index (χ0n) is 23.1. The summed E-state index contributed by atoms with van der Waals surface area (Å²) in [5, 5.41) is 23.8. The number of benzene rings is 2. The first-order valence-corrected chi connectivity index (χ1v) is 13.6. The molecule has 0 saturated heterocycles. The van der Waals surface area contributed by atoms with Gasteiger partial charge >= 0.3 is 6.09 Å². The van der Waals surface area contributed by atoms with Crippen LogP contribution < -0.4 is 11.6 Å². The van der Waals surface area contributed by atoms with Crippen molar-refractivity contribution in [2.45, 2.75) is 39.3 Å². The number of carbonyl (C=O) groups is 1. The first-order chi connectivity index (χ1) is 20.2. The lowest BCUT2D eigenvalue weighted by molar-refractivity contribution is -0.758. The molecule has 0 aliphatic rings. The number of nitrogens with zero attached hydrogens (tertiary/aromatic N) is 5. The number of hydrazine groups is 1. The molecule has 1 heterocycles. The van der Waals surface area contributed by atoms with Crippen molar-refractivity contribution >= 4 is 23.5 Å². The molecule has 226 valence electrons. The highest BCUT2D eigenvalue weighted by molar-refractivity contribution is 6.30. The number of unbranched alkanes of at least 4 members (excludes halogenated alkanes) is 1. The Morgan fingerprint density at radius 2 is 1.88 bits per heavy atom. The Morgan fingerprint density at radius 1 is 1.17 bits per heavy atom. The molecule has 0 fully saturated rings. The Labute approximate surface area is 247 Å². The monoisotopic (exact) mass is 603 g/mol. The molecular formula is C27H34ClN7O7. The van der Waals surface area contributed by atoms with Gasteiger partial charge in [-0.25, -0.2) is 15.6 Å². The Kier molecular flexibility index (Phi) is 12.5. The fourth-order valence-electron chi connectivity index (χ4n) is 4.04. The van der Waals surface area contributed by atoms with Gasteiger partial charge in [0.15, 0.2) is 11.0 Å². The summed E-state index contributed by atoms with van der Waals surface area (Å²) in [6, 6.07) is 15.1. The predicted octanol–water partition coefficient (Wildman–Crippen LogP) is 3.24. The number of imidazole rings is 1. The molecule has 0 saturated carbocycles. The summed E-state index contributed by atoms with van der Waals surface area (Å²) in [6.45, 7) is 1.94. The molecule has 0 spiro atoms. The van der Waals surface area contributed by atoms with Crippen LogP contribution in [0.15, 0.2) is 53.6 Å². The number of halogens is 1. The molecule has 0 atom stereocenters. The predicted molar refractivity (Wildman–Crippen MR) is 155 cm³/mol. The van der Waals surface area contributed by atoms with Crippen molar-refractivity contribution in [2.75, 3.05) is 26.4 Å². The molecule has 3 aromatic rings. The van der Waals surface area contributed by atoms with Crippen molar-refractivity contribution in [2.24, 2.45) is 16.7 Å². The fourth-order valence-corrected chi connectivity index (χ4v) is 4.30. The fraction of sp³-hybridized carbons (Fsp3) is 0.370. The van der Waals surface area contributed by atoms with Gasteiger partial charge in [0, 0.05) is 18.5 Å². The van der Waals surface area contributed by atoms with E-state index in [2.05, 4.69) is 21.8 Å². The number of ether oxygens (including phenoxy) is 2. The highest BCUT2D eigenvalue weighted by Crippen LogP contribution is 2.26. The van der Waals surface area contributed by atoms with Crippen molar-refractivity contribution < 1.29 is 29.3 Å². The molecule has 0 radical (unpaired) electrons. The van der Waals surface area contributed by atoms with E-state index >= 15 is 0 Å². The Balaban J connectivity index is 1.67. The number of nitrogens with two attached hydrogens (primary N) is 2. The van der Waals surface area contributed by atoms with Gasteiger partial charge in [-0.15, -0.1) is 20.3 Å². The van der Waals surface area contributed by atoms with Gasteiger partial charge in [-0.3, -0.25) is 0 Å². The molecule has 0 bridgehead atoms. The van der Waals surface area contributed by atoms with Crippen molar-refractivity contribution in [3.05, 3.63) is 86.4 Å². The van der Waals surface area contributed by atoms with Crippen LogP contribution in [0.3, 0.4) is 0 Å². The van der Waals surface area contributed by atoms with E-state index in [1.807, 2.05) is 41.0 Å². The first kappa shape index (κ1) is 32.3. The van der Waals surface area contributed by atoms with Gasteiger partial charge in [-0.1, -0.05) is 73.5 Å². The highest BCUT2D eigenvalue weighted by Gasteiger charge is 2.16. The number of rotatable bonds is 16. The van der Waals surface area contributed by atoms with E-state index in [4.69, 9.17) is 32.7 Å². The third-order valence-electron chi connectivity index (χ3n) is 6.10. The number of hydrogen-bond donors (Lipinski definition) is 3. The first-order valence-electron chi connectivity index (χ1n) is 13.2. The Bertz CT molecular complexity index is 1370. The van der Waals surface area contributed by atoms with E-state index in [1.54, 1.807) is 12.1 Å². The van der Waals surface area contributed by atoms with Crippen LogP contribution >= 0.6 is 11.6 Å². The van der Waals surface area contributed by atoms with Crippen LogP contribution in [0.25, 0.3) is 11.1 Å². The summed E-state index contributed by atoms with van der Waals surface area (Å²) < 4.78 is 12.0. The summed E-state index contributed by atoms with van der Waals surface area (Å²) in [7, 11) is 0. The van der Waals surface area contributed by atoms with Crippen molar-refractivity contribution in [3.8, 4) is 11.1 Å². The van der Waals surface area contributed by atoms with Crippen LogP contribution in [0.1, 0.15) is 42.4 Å². The van der Waals surface area contributed by atoms with Gasteiger partial charge in [0.05, 0.1) is 25.5 Å². The van der Waals surface area contributed by atoms with Gasteiger partial charge in [0.2, 0.25) is 0 Å². The summed E-state index contributed by atoms with van der Waals surface area (Å²) in [5.74, 6) is 6.55. The number of hydrazone groups is 1. The van der Waals surface area contributed by atoms with Gasteiger partial charge in [0.25, 0.3) is 5.09 Å². The molecule has 1 amide bonds. The molecule has 5 N–H and O–H groups in total. The molecule has 42 heavy (non-hydrogen) atoms. The molecule has 14 nitrogen and oxygen atoms in total. The van der Waals surface area contributed by atoms with E-state index < -0.39 is 11.2 Å². The number of amides is 1. The number of aliphatic hydroxyl groups excluding tert-OH is 1. The van der Waals surface area contributed by atoms with E-state index in [0.717, 1.165) is 41.8 Å². The van der Waals surface area contributed by atoms with Crippen molar-refractivity contribution in [3.63, 3.8) is 0 Å². The summed E-state index contributed by atoms with van der Waals surface area (Å²) in [4.78, 5) is 30.8. The second-order valence-electron chi connectivity index (χ2n) is 8.97. The minimum Gasteiger partial charge on any atom is -0.445 e. The number of amidine groups is 1. The minimum atomic E-state index is -0.968. The van der Waals surface area contributed by atoms with Crippen LogP contribution in [0, 0.1) is 10.1 Å². The maximum Gasteiger partial charge on any atom is 0.445 e. The Hall–Kier alpha value is -4.24. The topological polar surface area (TPSA) is 194 Å². The van der Waals surface area contributed by atoms with Crippen LogP contribution in [-0.4, -0.2) is 63.2 Å². The van der Waals surface area contributed by atoms with E-state index in [-0.39, 0.29) is 38.9 Å². The second kappa shape index (κ2) is 16.3. The summed E-state index contributed by atoms with van der Waals surface area (Å²) in [6.07, 6.45) is 1.78. The molecule has 3 rings (SSSR count). The maximum absolute atomic E-state index is 12.2. The number of carbonyl (C=O) groups excluding carboxylic acids is 1. The third-order valence-corrected chi connectivity index (χ3v) is 6.40. The number of aromatic nitrogens is 2. The van der Waals surface area contributed by atoms with Gasteiger partial charge in [-0.2, -0.15) is 0 Å². The van der Waals surface area contributed by atoms with Crippen LogP contribution in [-0.2, 0) is 33.9 Å². The SMILES string of the molecule is CCCCc1nc(Cl)c(CO)n1Cc1ccc(-c2ccccc2/C(N)=N/N(N)C(=O)OCCOCCO[N+](=O)[O-])cc1. The number of aryl methyl sites for hydroxylation is 1. The van der Waals surface area contributed by atoms with Crippen LogP contribution in [0.2, 0.25) is 5.15 Å². The average molecular weight is 604 g/mol. The molecule has 0 unspecified atom stereocenters. The molecule has 0 aliphatic carbocycles. The largest absolute Gasteiger partial charge is 0.445 e. The zero-order valence-corrected chi connectivity index (χ0v) is 23.9. The molecule has 0 aliphatic heterocycles. The second-order valence-corrected chi connectivity index (χ2v) is 9.33. The molecule has 1 aromatic heterocycles. The lowest BCUT2D eigenvalue weighted by Crippen LogP contribution is -2.36. The summed E-state index contributed by atoms with van der Waals surface area (Å²) in [5.41, 5.74) is 9.96. The van der Waals surface area contributed by atoms with Crippen molar-refractivity contribution in [1.29, 1.82) is 0 Å². The normalized spacial score (nSPS) is 11.4. The zero-order chi connectivity index (χ0) is 30.5. The Morgan fingerprint density at radius 3 is 2.57 bits per heavy atom. The van der Waals surface area contributed by atoms with E-state index in [0.29, 0.717) is 28.1 Å². The summed E-state index contributed by atoms with van der Waals surface area (Å²) >= 11 is 6.28. The van der Waals surface area contributed by atoms with Crippen LogP contribution in [0.5, 0.6) is 0 Å². The maximum atomic E-state index is 12.2. The lowest BCUT2D eigenvalue weighted by Gasteiger charge is -2.15. The standard InChI is InChI=1S/C27H34ClN7O7/c1-2-3-8-24-31-25(28)23(18-36)33(24)17-19-9-11-20(12-10-19)21-6-4-5-7-22(21)26(29)32-34(30)27(37)41-15-13-40-14-16-42-35(38)39/h4-7,9-12,36H,2-3,8,13-18,30H2,1H3,(H2,29,32). The number of hydrogen-bond acceptors (Lipinski definition) is 10. The van der Waals surface area contributed by atoms with Crippen LogP contribution in [0.4, 0.5) is 4.79 Å². The number of aliphatic hydroxyl groups is 1. The van der Waals surface area contributed by atoms with Gasteiger partial charge in [-0.05, 0) is 23.1 Å². The van der Waals surface area contributed by atoms with Gasteiger partial charge in [0.1, 0.15) is 19.0 Å². The average Bonchev–Trinajstić information content (AvgIpc) is 3.28. The van der Waals surface area contributed by atoms with E-state index in [1.165, 1.54) is 0 Å². The van der Waals surface area contributed by atoms with E-state index in [9.17, 15) is 20.0 Å². The molecule has 15 heteroatoms. The highest BCUT2D eigenvalue weighted by atomic mass is 35.5. The smallest absolute Gasteiger partial charge is 0.445 e.